The molecule has 1 aromatic carbocycles. The van der Waals surface area contributed by atoms with E-state index >= 15 is 0 Å². The number of carbonyl (C=O) groups is 2. The molecule has 27 heavy (non-hydrogen) atoms. The van der Waals surface area contributed by atoms with Gasteiger partial charge in [0.05, 0.1) is 12.2 Å². The number of Topliss-reactive ketones (excluding diaryl/α,β-unsaturated/α-hetero) is 1. The molecule has 2 aromatic rings. The van der Waals surface area contributed by atoms with Gasteiger partial charge in [0.1, 0.15) is 17.9 Å². The third kappa shape index (κ3) is 3.92. The van der Waals surface area contributed by atoms with Gasteiger partial charge in [-0.1, -0.05) is 26.0 Å². The van der Waals surface area contributed by atoms with Crippen molar-refractivity contribution in [3.05, 3.63) is 41.3 Å². The monoisotopic (exact) mass is 369 g/mol. The molecular formula is C22H27NO4. The Morgan fingerprint density at radius 2 is 1.81 bits per heavy atom. The summed E-state index contributed by atoms with van der Waals surface area (Å²) >= 11 is 0. The van der Waals surface area contributed by atoms with Gasteiger partial charge in [-0.3, -0.25) is 9.59 Å². The first-order valence-corrected chi connectivity index (χ1v) is 9.33. The molecule has 0 bridgehead atoms. The van der Waals surface area contributed by atoms with E-state index in [9.17, 15) is 9.59 Å². The molecule has 0 N–H and O–H groups in total. The maximum atomic E-state index is 12.9. The van der Waals surface area contributed by atoms with Gasteiger partial charge in [0.25, 0.3) is 0 Å². The molecule has 1 aliphatic rings. The Morgan fingerprint density at radius 1 is 1.15 bits per heavy atom. The highest BCUT2D eigenvalue weighted by Crippen LogP contribution is 2.43. The Hall–Kier alpha value is -2.56. The third-order valence-corrected chi connectivity index (χ3v) is 4.89. The van der Waals surface area contributed by atoms with E-state index in [1.807, 2.05) is 43.3 Å². The van der Waals surface area contributed by atoms with Crippen LogP contribution in [0.15, 0.2) is 28.7 Å². The molecule has 0 spiro atoms. The van der Waals surface area contributed by atoms with E-state index in [2.05, 4.69) is 13.8 Å². The fraction of sp³-hybridized carbons (Fsp3) is 0.455. The Bertz CT molecular complexity index is 859. The number of benzene rings is 1. The zero-order chi connectivity index (χ0) is 19.8. The second-order valence-electron chi connectivity index (χ2n) is 8.06. The zero-order valence-electron chi connectivity index (χ0n) is 16.7. The number of nitrogens with zero attached hydrogens (tertiary/aromatic N) is 1. The van der Waals surface area contributed by atoms with E-state index in [0.29, 0.717) is 36.5 Å². The second kappa shape index (κ2) is 7.22. The lowest BCUT2D eigenvalue weighted by atomic mass is 9.75. The minimum absolute atomic E-state index is 0.0271. The van der Waals surface area contributed by atoms with Crippen LogP contribution in [-0.4, -0.2) is 32.5 Å². The van der Waals surface area contributed by atoms with E-state index in [0.717, 1.165) is 16.8 Å². The lowest BCUT2D eigenvalue weighted by Crippen LogP contribution is -2.26. The van der Waals surface area contributed by atoms with Gasteiger partial charge in [0.15, 0.2) is 5.78 Å². The van der Waals surface area contributed by atoms with Crippen LogP contribution in [0.3, 0.4) is 0 Å². The molecule has 0 saturated heterocycles. The smallest absolute Gasteiger partial charge is 0.313 e. The van der Waals surface area contributed by atoms with Crippen LogP contribution in [0, 0.1) is 5.41 Å². The fourth-order valence-electron chi connectivity index (χ4n) is 3.67. The van der Waals surface area contributed by atoms with Gasteiger partial charge in [0, 0.05) is 38.2 Å². The second-order valence-corrected chi connectivity index (χ2v) is 8.06. The summed E-state index contributed by atoms with van der Waals surface area (Å²) in [7, 11) is 3.96. The number of ether oxygens (including phenoxy) is 1. The maximum Gasteiger partial charge on any atom is 0.313 e. The SMILES string of the molecule is CCOC(=O)Cc1oc2c(c1-c1ccc(N(C)C)cc1)C(=O)CC(C)(C)C2. The van der Waals surface area contributed by atoms with E-state index in [4.69, 9.17) is 9.15 Å². The topological polar surface area (TPSA) is 59.8 Å². The normalized spacial score (nSPS) is 15.4. The third-order valence-electron chi connectivity index (χ3n) is 4.89. The lowest BCUT2D eigenvalue weighted by Gasteiger charge is -2.27. The van der Waals surface area contributed by atoms with Crippen LogP contribution in [-0.2, 0) is 22.4 Å². The molecule has 0 saturated carbocycles. The molecule has 1 aliphatic carbocycles. The quantitative estimate of drug-likeness (QED) is 0.737. The van der Waals surface area contributed by atoms with Crippen molar-refractivity contribution >= 4 is 17.4 Å². The molecule has 5 nitrogen and oxygen atoms in total. The van der Waals surface area contributed by atoms with Crippen LogP contribution in [0.25, 0.3) is 11.1 Å². The Balaban J connectivity index is 2.11. The summed E-state index contributed by atoms with van der Waals surface area (Å²) in [5.74, 6) is 0.928. The first-order valence-electron chi connectivity index (χ1n) is 9.33. The number of ketones is 1. The average molecular weight is 369 g/mol. The molecular weight excluding hydrogens is 342 g/mol. The van der Waals surface area contributed by atoms with Gasteiger partial charge in [-0.05, 0) is 30.0 Å². The van der Waals surface area contributed by atoms with Gasteiger partial charge in [-0.15, -0.1) is 0 Å². The number of esters is 1. The Labute approximate surface area is 160 Å². The first-order chi connectivity index (χ1) is 12.7. The van der Waals surface area contributed by atoms with E-state index in [1.165, 1.54) is 0 Å². The number of furan rings is 1. The summed E-state index contributed by atoms with van der Waals surface area (Å²) in [5.41, 5.74) is 3.18. The highest BCUT2D eigenvalue weighted by Gasteiger charge is 2.37. The molecule has 0 fully saturated rings. The number of fused-ring (bicyclic) bond motifs is 1. The standard InChI is InChI=1S/C22H27NO4/c1-6-26-19(25)11-17-20(14-7-9-15(10-8-14)23(4)5)21-16(24)12-22(2,3)13-18(21)27-17/h7-10H,6,11-13H2,1-5H3. The molecule has 0 unspecified atom stereocenters. The van der Waals surface area contributed by atoms with Crippen molar-refractivity contribution in [3.8, 4) is 11.1 Å². The number of hydrogen-bond acceptors (Lipinski definition) is 5. The predicted molar refractivity (Wildman–Crippen MR) is 105 cm³/mol. The summed E-state index contributed by atoms with van der Waals surface area (Å²) in [6.07, 6.45) is 1.18. The molecule has 5 heteroatoms. The summed E-state index contributed by atoms with van der Waals surface area (Å²) < 4.78 is 11.2. The number of anilines is 1. The average Bonchev–Trinajstić information content (AvgIpc) is 2.91. The highest BCUT2D eigenvalue weighted by molar-refractivity contribution is 6.05. The summed E-state index contributed by atoms with van der Waals surface area (Å²) in [5, 5.41) is 0. The molecule has 0 atom stereocenters. The largest absolute Gasteiger partial charge is 0.466 e. The van der Waals surface area contributed by atoms with Crippen LogP contribution in [0.4, 0.5) is 5.69 Å². The molecule has 144 valence electrons. The maximum absolute atomic E-state index is 12.9. The Morgan fingerprint density at radius 3 is 2.41 bits per heavy atom. The summed E-state index contributed by atoms with van der Waals surface area (Å²) in [6, 6.07) is 7.95. The van der Waals surface area contributed by atoms with Gasteiger partial charge in [0.2, 0.25) is 0 Å². The van der Waals surface area contributed by atoms with Crippen LogP contribution in [0.5, 0.6) is 0 Å². The molecule has 0 radical (unpaired) electrons. The van der Waals surface area contributed by atoms with Gasteiger partial charge >= 0.3 is 5.97 Å². The van der Waals surface area contributed by atoms with Crippen molar-refractivity contribution in [2.24, 2.45) is 5.41 Å². The van der Waals surface area contributed by atoms with Gasteiger partial charge in [-0.25, -0.2) is 0 Å². The van der Waals surface area contributed by atoms with Crippen molar-refractivity contribution < 1.29 is 18.7 Å². The van der Waals surface area contributed by atoms with E-state index in [-0.39, 0.29) is 23.6 Å². The predicted octanol–water partition coefficient (Wildman–Crippen LogP) is 4.27. The molecule has 1 heterocycles. The van der Waals surface area contributed by atoms with Gasteiger partial charge in [-0.2, -0.15) is 0 Å². The number of carbonyl (C=O) groups excluding carboxylic acids is 2. The van der Waals surface area contributed by atoms with Crippen LogP contribution < -0.4 is 4.90 Å². The van der Waals surface area contributed by atoms with Crippen molar-refractivity contribution in [3.63, 3.8) is 0 Å². The van der Waals surface area contributed by atoms with Crippen LogP contribution in [0.1, 0.15) is 49.1 Å². The summed E-state index contributed by atoms with van der Waals surface area (Å²) in [6.45, 7) is 6.22. The van der Waals surface area contributed by atoms with Crippen LogP contribution >= 0.6 is 0 Å². The van der Waals surface area contributed by atoms with Gasteiger partial charge < -0.3 is 14.1 Å². The number of hydrogen-bond donors (Lipinski definition) is 0. The van der Waals surface area contributed by atoms with E-state index < -0.39 is 0 Å². The highest BCUT2D eigenvalue weighted by atomic mass is 16.5. The minimum atomic E-state index is -0.346. The first kappa shape index (κ1) is 19.2. The van der Waals surface area contributed by atoms with Crippen molar-refractivity contribution in [2.75, 3.05) is 25.6 Å². The lowest BCUT2D eigenvalue weighted by molar-refractivity contribution is -0.142. The van der Waals surface area contributed by atoms with Crippen molar-refractivity contribution in [2.45, 2.75) is 40.0 Å². The molecule has 0 aliphatic heterocycles. The van der Waals surface area contributed by atoms with Crippen molar-refractivity contribution in [1.82, 2.24) is 0 Å². The minimum Gasteiger partial charge on any atom is -0.466 e. The molecule has 0 amide bonds. The van der Waals surface area contributed by atoms with E-state index in [1.54, 1.807) is 6.92 Å². The molecule has 1 aromatic heterocycles. The van der Waals surface area contributed by atoms with Crippen LogP contribution in [0.2, 0.25) is 0 Å². The molecule has 3 rings (SSSR count). The van der Waals surface area contributed by atoms with Crippen molar-refractivity contribution in [1.29, 1.82) is 0 Å². The zero-order valence-corrected chi connectivity index (χ0v) is 16.7. The number of rotatable bonds is 5. The fourth-order valence-corrected chi connectivity index (χ4v) is 3.67. The summed E-state index contributed by atoms with van der Waals surface area (Å²) in [4.78, 5) is 27.0. The Kier molecular flexibility index (Phi) is 5.13.